The summed E-state index contributed by atoms with van der Waals surface area (Å²) in [6.07, 6.45) is 1.55. The number of nitrogens with one attached hydrogen (secondary N) is 1. The Balaban J connectivity index is 1.95. The van der Waals surface area contributed by atoms with Gasteiger partial charge in [0.05, 0.1) is 22.6 Å². The summed E-state index contributed by atoms with van der Waals surface area (Å²) in [5.74, 6) is 0.284. The predicted molar refractivity (Wildman–Crippen MR) is 107 cm³/mol. The Bertz CT molecular complexity index is 1080. The Morgan fingerprint density at radius 3 is 2.93 bits per heavy atom. The molecule has 4 rings (SSSR count). The zero-order valence-electron chi connectivity index (χ0n) is 14.8. The molecule has 0 saturated carbocycles. The summed E-state index contributed by atoms with van der Waals surface area (Å²) in [4.78, 5) is 17.5. The largest absolute Gasteiger partial charge is 0.458 e. The molecular weight excluding hydrogens is 362 g/mol. The van der Waals surface area contributed by atoms with Crippen LogP contribution < -0.4 is 5.32 Å². The first kappa shape index (κ1) is 17.4. The third-order valence-electron chi connectivity index (χ3n) is 4.55. The summed E-state index contributed by atoms with van der Waals surface area (Å²) in [7, 11) is 0. The number of benzene rings is 2. The van der Waals surface area contributed by atoms with E-state index in [4.69, 9.17) is 16.3 Å². The molecule has 0 radical (unpaired) electrons. The summed E-state index contributed by atoms with van der Waals surface area (Å²) in [6, 6.07) is 14.9. The fourth-order valence-electron chi connectivity index (χ4n) is 3.43. The van der Waals surface area contributed by atoms with Crippen LogP contribution in [-0.4, -0.2) is 22.1 Å². The van der Waals surface area contributed by atoms with Gasteiger partial charge in [0.2, 0.25) is 5.95 Å². The van der Waals surface area contributed by atoms with Gasteiger partial charge in [0, 0.05) is 10.7 Å². The molecule has 136 valence electrons. The van der Waals surface area contributed by atoms with E-state index in [0.717, 1.165) is 16.6 Å². The van der Waals surface area contributed by atoms with Gasteiger partial charge in [-0.1, -0.05) is 48.5 Å². The van der Waals surface area contributed by atoms with Gasteiger partial charge in [-0.15, -0.1) is 0 Å². The second kappa shape index (κ2) is 6.93. The molecule has 0 fully saturated rings. The molecule has 1 unspecified atom stereocenters. The molecule has 6 heteroatoms. The summed E-state index contributed by atoms with van der Waals surface area (Å²) >= 11 is 6.24. The Morgan fingerprint density at radius 2 is 2.15 bits per heavy atom. The Hall–Kier alpha value is -3.05. The topological polar surface area (TPSA) is 56.1 Å². The third-order valence-corrected chi connectivity index (χ3v) is 4.78. The van der Waals surface area contributed by atoms with Crippen LogP contribution >= 0.6 is 11.6 Å². The highest BCUT2D eigenvalue weighted by Gasteiger charge is 2.34. The number of imidazole rings is 1. The maximum atomic E-state index is 12.9. The fourth-order valence-corrected chi connectivity index (χ4v) is 3.63. The van der Waals surface area contributed by atoms with Crippen LogP contribution in [-0.2, 0) is 9.53 Å². The number of carbonyl (C=O) groups is 1. The Labute approximate surface area is 161 Å². The molecule has 5 nitrogen and oxygen atoms in total. The monoisotopic (exact) mass is 379 g/mol. The van der Waals surface area contributed by atoms with E-state index in [2.05, 4.69) is 16.9 Å². The predicted octanol–water partition coefficient (Wildman–Crippen LogP) is 4.71. The van der Waals surface area contributed by atoms with Crippen molar-refractivity contribution in [3.8, 4) is 0 Å². The molecule has 1 aliphatic rings. The van der Waals surface area contributed by atoms with Gasteiger partial charge < -0.3 is 10.1 Å². The number of para-hydroxylation sites is 2. The van der Waals surface area contributed by atoms with Crippen LogP contribution in [0.2, 0.25) is 5.02 Å². The molecule has 1 N–H and O–H groups in total. The van der Waals surface area contributed by atoms with Crippen LogP contribution in [0.15, 0.2) is 72.5 Å². The number of halogens is 1. The number of hydrogen-bond donors (Lipinski definition) is 1. The van der Waals surface area contributed by atoms with Crippen LogP contribution in [0.5, 0.6) is 0 Å². The number of anilines is 1. The summed E-state index contributed by atoms with van der Waals surface area (Å²) in [5.41, 5.74) is 3.89. The first-order chi connectivity index (χ1) is 13.1. The molecule has 0 aliphatic carbocycles. The standard InChI is InChI=1S/C21H18ClN3O2/c1-3-11-27-20(26)18-13(2)23-21-24-16-9-4-5-10-17(16)25(21)19(18)14-7-6-8-15(22)12-14/h3-10,12,19H,1,11H2,2H3,(H,23,24). The van der Waals surface area contributed by atoms with Crippen molar-refractivity contribution in [2.24, 2.45) is 0 Å². The van der Waals surface area contributed by atoms with Gasteiger partial charge in [-0.25, -0.2) is 9.78 Å². The number of fused-ring (bicyclic) bond motifs is 3. The number of ether oxygens (including phenoxy) is 1. The molecular formula is C21H18ClN3O2. The minimum atomic E-state index is -0.398. The summed E-state index contributed by atoms with van der Waals surface area (Å²) in [6.45, 7) is 5.61. The Morgan fingerprint density at radius 1 is 1.33 bits per heavy atom. The van der Waals surface area contributed by atoms with E-state index in [1.807, 2.05) is 60.0 Å². The van der Waals surface area contributed by atoms with Gasteiger partial charge in [-0.05, 0) is 36.8 Å². The molecule has 0 bridgehead atoms. The van der Waals surface area contributed by atoms with Crippen molar-refractivity contribution in [2.45, 2.75) is 13.0 Å². The zero-order chi connectivity index (χ0) is 19.0. The normalized spacial score (nSPS) is 16.0. The van der Waals surface area contributed by atoms with Crippen LogP contribution in [0.3, 0.4) is 0 Å². The van der Waals surface area contributed by atoms with E-state index in [1.165, 1.54) is 0 Å². The van der Waals surface area contributed by atoms with E-state index in [1.54, 1.807) is 6.08 Å². The van der Waals surface area contributed by atoms with Crippen molar-refractivity contribution in [1.82, 2.24) is 9.55 Å². The quantitative estimate of drug-likeness (QED) is 0.527. The van der Waals surface area contributed by atoms with Gasteiger partial charge in [-0.2, -0.15) is 0 Å². The molecule has 2 heterocycles. The lowest BCUT2D eigenvalue weighted by Gasteiger charge is -2.30. The minimum absolute atomic E-state index is 0.148. The van der Waals surface area contributed by atoms with E-state index in [9.17, 15) is 4.79 Å². The lowest BCUT2D eigenvalue weighted by Crippen LogP contribution is -2.29. The van der Waals surface area contributed by atoms with E-state index in [-0.39, 0.29) is 6.61 Å². The number of nitrogens with zero attached hydrogens (tertiary/aromatic N) is 2. The van der Waals surface area contributed by atoms with E-state index >= 15 is 0 Å². The first-order valence-corrected chi connectivity index (χ1v) is 8.96. The average molecular weight is 380 g/mol. The van der Waals surface area contributed by atoms with Crippen molar-refractivity contribution in [3.05, 3.63) is 83.0 Å². The van der Waals surface area contributed by atoms with Crippen molar-refractivity contribution < 1.29 is 9.53 Å². The first-order valence-electron chi connectivity index (χ1n) is 8.58. The highest BCUT2D eigenvalue weighted by Crippen LogP contribution is 2.39. The smallest absolute Gasteiger partial charge is 0.338 e. The number of rotatable bonds is 4. The SMILES string of the molecule is C=CCOC(=O)C1=C(C)Nc2nc3ccccc3n2C1c1cccc(Cl)c1. The van der Waals surface area contributed by atoms with Gasteiger partial charge >= 0.3 is 5.97 Å². The number of allylic oxidation sites excluding steroid dienone is 1. The molecule has 1 atom stereocenters. The third kappa shape index (κ3) is 3.00. The molecule has 1 aliphatic heterocycles. The van der Waals surface area contributed by atoms with Crippen LogP contribution in [0, 0.1) is 0 Å². The van der Waals surface area contributed by atoms with Crippen molar-refractivity contribution >= 4 is 34.6 Å². The van der Waals surface area contributed by atoms with Crippen molar-refractivity contribution in [2.75, 3.05) is 11.9 Å². The molecule has 3 aromatic rings. The maximum Gasteiger partial charge on any atom is 0.338 e. The average Bonchev–Trinajstić information content (AvgIpc) is 3.02. The second-order valence-electron chi connectivity index (χ2n) is 6.30. The maximum absolute atomic E-state index is 12.9. The van der Waals surface area contributed by atoms with Gasteiger partial charge in [0.1, 0.15) is 6.61 Å². The number of carbonyl (C=O) groups excluding carboxylic acids is 1. The minimum Gasteiger partial charge on any atom is -0.458 e. The summed E-state index contributed by atoms with van der Waals surface area (Å²) in [5, 5.41) is 3.85. The van der Waals surface area contributed by atoms with E-state index < -0.39 is 12.0 Å². The van der Waals surface area contributed by atoms with Crippen molar-refractivity contribution in [3.63, 3.8) is 0 Å². The van der Waals surface area contributed by atoms with Gasteiger partial charge in [-0.3, -0.25) is 4.57 Å². The molecule has 0 amide bonds. The van der Waals surface area contributed by atoms with E-state index in [0.29, 0.717) is 22.2 Å². The number of esters is 1. The highest BCUT2D eigenvalue weighted by atomic mass is 35.5. The summed E-state index contributed by atoms with van der Waals surface area (Å²) < 4.78 is 7.38. The van der Waals surface area contributed by atoms with Crippen molar-refractivity contribution in [1.29, 1.82) is 0 Å². The number of hydrogen-bond acceptors (Lipinski definition) is 4. The molecule has 0 spiro atoms. The van der Waals surface area contributed by atoms with Crippen LogP contribution in [0.1, 0.15) is 18.5 Å². The Kier molecular flexibility index (Phi) is 4.46. The van der Waals surface area contributed by atoms with Gasteiger partial charge in [0.15, 0.2) is 0 Å². The fraction of sp³-hybridized carbons (Fsp3) is 0.143. The van der Waals surface area contributed by atoms with Gasteiger partial charge in [0.25, 0.3) is 0 Å². The molecule has 1 aromatic heterocycles. The highest BCUT2D eigenvalue weighted by molar-refractivity contribution is 6.30. The second-order valence-corrected chi connectivity index (χ2v) is 6.74. The van der Waals surface area contributed by atoms with Crippen LogP contribution in [0.25, 0.3) is 11.0 Å². The van der Waals surface area contributed by atoms with Crippen LogP contribution in [0.4, 0.5) is 5.95 Å². The zero-order valence-corrected chi connectivity index (χ0v) is 15.5. The molecule has 2 aromatic carbocycles. The lowest BCUT2D eigenvalue weighted by molar-refractivity contribution is -0.138. The lowest BCUT2D eigenvalue weighted by atomic mass is 9.95. The molecule has 0 saturated heterocycles. The number of aromatic nitrogens is 2. The molecule has 27 heavy (non-hydrogen) atoms.